The van der Waals surface area contributed by atoms with Crippen molar-refractivity contribution in [3.63, 3.8) is 0 Å². The third kappa shape index (κ3) is 2.81. The molecule has 1 aromatic carbocycles. The summed E-state index contributed by atoms with van der Waals surface area (Å²) in [5, 5.41) is 0. The number of hydrogen-bond acceptors (Lipinski definition) is 4. The molecule has 26 heavy (non-hydrogen) atoms. The molecule has 0 radical (unpaired) electrons. The van der Waals surface area contributed by atoms with E-state index in [4.69, 9.17) is 0 Å². The molecule has 0 bridgehead atoms. The monoisotopic (exact) mass is 358 g/mol. The summed E-state index contributed by atoms with van der Waals surface area (Å²) in [6.07, 6.45) is 2.94. The Balaban J connectivity index is 1.46. The maximum Gasteiger partial charge on any atom is 0.233 e. The number of aromatic nitrogens is 2. The Morgan fingerprint density at radius 1 is 1.04 bits per heavy atom. The van der Waals surface area contributed by atoms with Crippen molar-refractivity contribution >= 4 is 11.7 Å². The molecule has 0 N–H and O–H groups in total. The highest BCUT2D eigenvalue weighted by molar-refractivity contribution is 5.91. The molecule has 4 rings (SSSR count). The van der Waals surface area contributed by atoms with Gasteiger partial charge in [-0.25, -0.2) is 18.7 Å². The van der Waals surface area contributed by atoms with Gasteiger partial charge < -0.3 is 9.80 Å². The number of carbonyl (C=O) groups is 1. The van der Waals surface area contributed by atoms with Crippen LogP contribution in [0.2, 0.25) is 0 Å². The van der Waals surface area contributed by atoms with Crippen molar-refractivity contribution in [1.29, 1.82) is 0 Å². The molecule has 7 heteroatoms. The molecule has 0 spiro atoms. The minimum atomic E-state index is -0.507. The third-order valence-corrected chi connectivity index (χ3v) is 5.37. The van der Waals surface area contributed by atoms with Gasteiger partial charge in [0.2, 0.25) is 5.91 Å². The van der Waals surface area contributed by atoms with Gasteiger partial charge in [-0.2, -0.15) is 0 Å². The SMILES string of the molecule is Cc1ncnc(N2CCN(C(=O)C3(c4ccc(F)cc4)CC3)CC2)c1F. The van der Waals surface area contributed by atoms with Gasteiger partial charge in [-0.1, -0.05) is 12.1 Å². The second-order valence-corrected chi connectivity index (χ2v) is 6.96. The zero-order valence-electron chi connectivity index (χ0n) is 14.6. The highest BCUT2D eigenvalue weighted by atomic mass is 19.1. The first-order valence-corrected chi connectivity index (χ1v) is 8.79. The van der Waals surface area contributed by atoms with E-state index in [-0.39, 0.29) is 11.7 Å². The molecule has 136 valence electrons. The normalized spacial score (nSPS) is 18.7. The van der Waals surface area contributed by atoms with Crippen LogP contribution in [-0.4, -0.2) is 47.0 Å². The van der Waals surface area contributed by atoms with E-state index in [9.17, 15) is 13.6 Å². The lowest BCUT2D eigenvalue weighted by Gasteiger charge is -2.37. The number of nitrogens with zero attached hydrogens (tertiary/aromatic N) is 4. The molecule has 1 aromatic heterocycles. The molecule has 0 atom stereocenters. The predicted molar refractivity (Wildman–Crippen MR) is 92.8 cm³/mol. The van der Waals surface area contributed by atoms with Crippen molar-refractivity contribution in [2.45, 2.75) is 25.2 Å². The molecular weight excluding hydrogens is 338 g/mol. The highest BCUT2D eigenvalue weighted by Gasteiger charge is 2.53. The lowest BCUT2D eigenvalue weighted by atomic mass is 9.94. The van der Waals surface area contributed by atoms with Gasteiger partial charge in [-0.05, 0) is 37.5 Å². The summed E-state index contributed by atoms with van der Waals surface area (Å²) >= 11 is 0. The summed E-state index contributed by atoms with van der Waals surface area (Å²) in [4.78, 5) is 24.6. The molecule has 2 aromatic rings. The summed E-state index contributed by atoms with van der Waals surface area (Å²) in [5.74, 6) is -0.322. The Bertz CT molecular complexity index is 828. The van der Waals surface area contributed by atoms with Gasteiger partial charge in [0.1, 0.15) is 12.1 Å². The Morgan fingerprint density at radius 3 is 2.31 bits per heavy atom. The van der Waals surface area contributed by atoms with E-state index < -0.39 is 11.2 Å². The summed E-state index contributed by atoms with van der Waals surface area (Å²) in [6.45, 7) is 3.70. The van der Waals surface area contributed by atoms with Gasteiger partial charge in [0.05, 0.1) is 11.1 Å². The van der Waals surface area contributed by atoms with Crippen LogP contribution in [-0.2, 0) is 10.2 Å². The van der Waals surface area contributed by atoms with Crippen molar-refractivity contribution in [3.05, 3.63) is 53.5 Å². The number of hydrogen-bond donors (Lipinski definition) is 0. The lowest BCUT2D eigenvalue weighted by Crippen LogP contribution is -2.52. The number of piperazine rings is 1. The summed E-state index contributed by atoms with van der Waals surface area (Å²) < 4.78 is 27.4. The fourth-order valence-corrected chi connectivity index (χ4v) is 3.61. The summed E-state index contributed by atoms with van der Waals surface area (Å²) in [5.41, 5.74) is 0.692. The number of carbonyl (C=O) groups excluding carboxylic acids is 1. The number of anilines is 1. The van der Waals surface area contributed by atoms with E-state index in [1.807, 2.05) is 9.80 Å². The Kier molecular flexibility index (Phi) is 4.09. The van der Waals surface area contributed by atoms with Crippen LogP contribution < -0.4 is 4.90 Å². The van der Waals surface area contributed by atoms with Gasteiger partial charge >= 0.3 is 0 Å². The van der Waals surface area contributed by atoms with E-state index in [0.717, 1.165) is 18.4 Å². The second-order valence-electron chi connectivity index (χ2n) is 6.96. The molecule has 1 saturated carbocycles. The molecule has 2 aliphatic rings. The zero-order chi connectivity index (χ0) is 18.3. The number of rotatable bonds is 3. The maximum absolute atomic E-state index is 14.2. The van der Waals surface area contributed by atoms with Crippen molar-refractivity contribution in [1.82, 2.24) is 14.9 Å². The van der Waals surface area contributed by atoms with Crippen LogP contribution in [0, 0.1) is 18.6 Å². The van der Waals surface area contributed by atoms with Gasteiger partial charge in [-0.15, -0.1) is 0 Å². The second kappa shape index (κ2) is 6.30. The smallest absolute Gasteiger partial charge is 0.233 e. The molecule has 5 nitrogen and oxygen atoms in total. The van der Waals surface area contributed by atoms with E-state index in [0.29, 0.717) is 37.7 Å². The highest BCUT2D eigenvalue weighted by Crippen LogP contribution is 2.49. The lowest BCUT2D eigenvalue weighted by molar-refractivity contribution is -0.134. The summed E-state index contributed by atoms with van der Waals surface area (Å²) in [7, 11) is 0. The third-order valence-electron chi connectivity index (χ3n) is 5.37. The van der Waals surface area contributed by atoms with Crippen molar-refractivity contribution in [3.8, 4) is 0 Å². The number of halogens is 2. The van der Waals surface area contributed by atoms with Crippen molar-refractivity contribution < 1.29 is 13.6 Å². The van der Waals surface area contributed by atoms with Crippen molar-refractivity contribution in [2.75, 3.05) is 31.1 Å². The molecule has 1 aliphatic carbocycles. The molecule has 0 unspecified atom stereocenters. The Hall–Kier alpha value is -2.57. The fourth-order valence-electron chi connectivity index (χ4n) is 3.61. The average molecular weight is 358 g/mol. The van der Waals surface area contributed by atoms with Gasteiger partial charge in [0.25, 0.3) is 0 Å². The van der Waals surface area contributed by atoms with Crippen LogP contribution in [0.5, 0.6) is 0 Å². The summed E-state index contributed by atoms with van der Waals surface area (Å²) in [6, 6.07) is 6.22. The van der Waals surface area contributed by atoms with Crippen LogP contribution in [0.3, 0.4) is 0 Å². The first-order valence-electron chi connectivity index (χ1n) is 8.79. The molecule has 1 aliphatic heterocycles. The molecule has 1 saturated heterocycles. The topological polar surface area (TPSA) is 49.3 Å². The Labute approximate surface area is 150 Å². The molecular formula is C19H20F2N4O. The van der Waals surface area contributed by atoms with Gasteiger partial charge in [0, 0.05) is 26.2 Å². The minimum absolute atomic E-state index is 0.0862. The van der Waals surface area contributed by atoms with Crippen LogP contribution in [0.25, 0.3) is 0 Å². The van der Waals surface area contributed by atoms with Crippen LogP contribution in [0.1, 0.15) is 24.1 Å². The quantitative estimate of drug-likeness (QED) is 0.846. The fraction of sp³-hybridized carbons (Fsp3) is 0.421. The van der Waals surface area contributed by atoms with E-state index in [1.165, 1.54) is 18.5 Å². The van der Waals surface area contributed by atoms with Gasteiger partial charge in [0.15, 0.2) is 11.6 Å². The van der Waals surface area contributed by atoms with E-state index in [2.05, 4.69) is 9.97 Å². The number of benzene rings is 1. The first kappa shape index (κ1) is 16.9. The number of amides is 1. The average Bonchev–Trinajstić information content (AvgIpc) is 3.46. The maximum atomic E-state index is 14.2. The molecule has 2 heterocycles. The first-order chi connectivity index (χ1) is 12.5. The standard InChI is InChI=1S/C19H20F2N4O/c1-13-16(21)17(23-12-22-13)24-8-10-25(11-9-24)18(26)19(6-7-19)14-2-4-15(20)5-3-14/h2-5,12H,6-11H2,1H3. The Morgan fingerprint density at radius 2 is 1.69 bits per heavy atom. The van der Waals surface area contributed by atoms with E-state index in [1.54, 1.807) is 19.1 Å². The largest absolute Gasteiger partial charge is 0.351 e. The zero-order valence-corrected chi connectivity index (χ0v) is 14.6. The van der Waals surface area contributed by atoms with Crippen molar-refractivity contribution in [2.24, 2.45) is 0 Å². The predicted octanol–water partition coefficient (Wildman–Crippen LogP) is 2.44. The molecule has 2 fully saturated rings. The van der Waals surface area contributed by atoms with Crippen LogP contribution in [0.15, 0.2) is 30.6 Å². The van der Waals surface area contributed by atoms with Gasteiger partial charge in [-0.3, -0.25) is 4.79 Å². The molecule has 1 amide bonds. The van der Waals surface area contributed by atoms with E-state index >= 15 is 0 Å². The number of aryl methyl sites for hydroxylation is 1. The van der Waals surface area contributed by atoms with Crippen LogP contribution in [0.4, 0.5) is 14.6 Å². The minimum Gasteiger partial charge on any atom is -0.351 e. The van der Waals surface area contributed by atoms with Crippen LogP contribution >= 0.6 is 0 Å².